The van der Waals surface area contributed by atoms with Gasteiger partial charge in [-0.3, -0.25) is 0 Å². The Bertz CT molecular complexity index is 726. The molecule has 1 N–H and O–H groups in total. The summed E-state index contributed by atoms with van der Waals surface area (Å²) >= 11 is 5.94. The average molecular weight is 331 g/mol. The lowest BCUT2D eigenvalue weighted by Gasteiger charge is -2.11. The van der Waals surface area contributed by atoms with Gasteiger partial charge in [-0.1, -0.05) is 17.7 Å². The van der Waals surface area contributed by atoms with Crippen LogP contribution in [0.2, 0.25) is 5.02 Å². The zero-order valence-corrected chi connectivity index (χ0v) is 12.0. The van der Waals surface area contributed by atoms with Gasteiger partial charge >= 0.3 is 12.1 Å². The normalized spacial score (nSPS) is 11.3. The van der Waals surface area contributed by atoms with Crippen molar-refractivity contribution in [3.05, 3.63) is 52.5 Å². The first kappa shape index (κ1) is 16.2. The van der Waals surface area contributed by atoms with Crippen molar-refractivity contribution < 1.29 is 27.8 Å². The number of methoxy groups -OCH3 is 1. The third kappa shape index (κ3) is 3.33. The SMILES string of the molecule is COC(=O)c1ccc(-c2cc(O)cc(C(F)(F)F)c2)cc1Cl. The van der Waals surface area contributed by atoms with Crippen molar-refractivity contribution in [3.8, 4) is 16.9 Å². The topological polar surface area (TPSA) is 46.5 Å². The van der Waals surface area contributed by atoms with Crippen molar-refractivity contribution >= 4 is 17.6 Å². The molecule has 0 atom stereocenters. The minimum Gasteiger partial charge on any atom is -0.508 e. The van der Waals surface area contributed by atoms with E-state index in [2.05, 4.69) is 4.74 Å². The number of hydrogen-bond donors (Lipinski definition) is 1. The van der Waals surface area contributed by atoms with Gasteiger partial charge in [0.2, 0.25) is 0 Å². The van der Waals surface area contributed by atoms with Crippen molar-refractivity contribution in [2.24, 2.45) is 0 Å². The van der Waals surface area contributed by atoms with Gasteiger partial charge in [0.05, 0.1) is 23.3 Å². The fourth-order valence-electron chi connectivity index (χ4n) is 1.91. The lowest BCUT2D eigenvalue weighted by atomic mass is 10.0. The number of carbonyl (C=O) groups is 1. The van der Waals surface area contributed by atoms with Gasteiger partial charge in [0.25, 0.3) is 0 Å². The van der Waals surface area contributed by atoms with Crippen LogP contribution < -0.4 is 0 Å². The molecule has 0 radical (unpaired) electrons. The van der Waals surface area contributed by atoms with E-state index in [0.29, 0.717) is 11.6 Å². The Hall–Kier alpha value is -2.21. The van der Waals surface area contributed by atoms with E-state index in [1.165, 1.54) is 31.4 Å². The fourth-order valence-corrected chi connectivity index (χ4v) is 2.17. The molecule has 0 aromatic heterocycles. The summed E-state index contributed by atoms with van der Waals surface area (Å²) in [6.45, 7) is 0. The summed E-state index contributed by atoms with van der Waals surface area (Å²) in [4.78, 5) is 11.4. The van der Waals surface area contributed by atoms with E-state index < -0.39 is 23.5 Å². The minimum absolute atomic E-state index is 0.0428. The number of carbonyl (C=O) groups excluding carboxylic acids is 1. The van der Waals surface area contributed by atoms with Gasteiger partial charge in [0, 0.05) is 0 Å². The Morgan fingerprint density at radius 1 is 1.14 bits per heavy atom. The number of ether oxygens (including phenoxy) is 1. The molecule has 22 heavy (non-hydrogen) atoms. The van der Waals surface area contributed by atoms with E-state index in [1.807, 2.05) is 0 Å². The van der Waals surface area contributed by atoms with Gasteiger partial charge in [-0.25, -0.2) is 4.79 Å². The van der Waals surface area contributed by atoms with Crippen LogP contribution in [0.5, 0.6) is 5.75 Å². The molecule has 2 aromatic carbocycles. The number of hydrogen-bond acceptors (Lipinski definition) is 3. The lowest BCUT2D eigenvalue weighted by molar-refractivity contribution is -0.137. The summed E-state index contributed by atoms with van der Waals surface area (Å²) in [7, 11) is 1.19. The van der Waals surface area contributed by atoms with E-state index >= 15 is 0 Å². The van der Waals surface area contributed by atoms with E-state index in [4.69, 9.17) is 11.6 Å². The third-order valence-electron chi connectivity index (χ3n) is 2.95. The molecule has 2 aromatic rings. The molecule has 0 unspecified atom stereocenters. The first-order chi connectivity index (χ1) is 10.2. The summed E-state index contributed by atoms with van der Waals surface area (Å²) in [6.07, 6.45) is -4.58. The predicted octanol–water partition coefficient (Wildman–Crippen LogP) is 4.52. The van der Waals surface area contributed by atoms with Crippen LogP contribution in [0, 0.1) is 0 Å². The maximum atomic E-state index is 12.8. The Morgan fingerprint density at radius 3 is 2.36 bits per heavy atom. The zero-order chi connectivity index (χ0) is 16.5. The molecule has 0 fully saturated rings. The first-order valence-electron chi connectivity index (χ1n) is 6.02. The summed E-state index contributed by atoms with van der Waals surface area (Å²) in [5, 5.41) is 9.50. The summed E-state index contributed by atoms with van der Waals surface area (Å²) in [6, 6.07) is 6.81. The number of aromatic hydroxyl groups is 1. The second kappa shape index (κ2) is 5.88. The fraction of sp³-hybridized carbons (Fsp3) is 0.133. The van der Waals surface area contributed by atoms with Gasteiger partial charge in [-0.05, 0) is 41.5 Å². The largest absolute Gasteiger partial charge is 0.508 e. The van der Waals surface area contributed by atoms with E-state index in [1.54, 1.807) is 0 Å². The first-order valence-corrected chi connectivity index (χ1v) is 6.39. The molecule has 7 heteroatoms. The molecule has 116 valence electrons. The molecule has 0 heterocycles. The number of phenols is 1. The number of alkyl halides is 3. The van der Waals surface area contributed by atoms with Crippen molar-refractivity contribution in [1.82, 2.24) is 0 Å². The number of rotatable bonds is 2. The smallest absolute Gasteiger partial charge is 0.416 e. The Kier molecular flexibility index (Phi) is 4.32. The molecule has 0 amide bonds. The lowest BCUT2D eigenvalue weighted by Crippen LogP contribution is -2.05. The Morgan fingerprint density at radius 2 is 1.82 bits per heavy atom. The van der Waals surface area contributed by atoms with Crippen molar-refractivity contribution in [2.45, 2.75) is 6.18 Å². The highest BCUT2D eigenvalue weighted by Crippen LogP contribution is 2.36. The van der Waals surface area contributed by atoms with Crippen molar-refractivity contribution in [1.29, 1.82) is 0 Å². The van der Waals surface area contributed by atoms with Crippen LogP contribution in [0.4, 0.5) is 13.2 Å². The molecule has 0 saturated carbocycles. The highest BCUT2D eigenvalue weighted by Gasteiger charge is 2.31. The summed E-state index contributed by atoms with van der Waals surface area (Å²) in [5.74, 6) is -1.17. The van der Waals surface area contributed by atoms with Crippen LogP contribution >= 0.6 is 11.6 Å². The quantitative estimate of drug-likeness (QED) is 0.824. The van der Waals surface area contributed by atoms with E-state index in [-0.39, 0.29) is 16.1 Å². The Labute approximate surface area is 128 Å². The molecular formula is C15H10ClF3O3. The number of phenolic OH excluding ortho intramolecular Hbond substituents is 1. The maximum absolute atomic E-state index is 12.8. The predicted molar refractivity (Wildman–Crippen MR) is 74.9 cm³/mol. The summed E-state index contributed by atoms with van der Waals surface area (Å²) < 4.78 is 42.8. The molecular weight excluding hydrogens is 321 g/mol. The minimum atomic E-state index is -4.58. The van der Waals surface area contributed by atoms with Gasteiger partial charge in [-0.2, -0.15) is 13.2 Å². The van der Waals surface area contributed by atoms with Crippen molar-refractivity contribution in [2.75, 3.05) is 7.11 Å². The summed E-state index contributed by atoms with van der Waals surface area (Å²) in [5.41, 5.74) is -0.413. The van der Waals surface area contributed by atoms with Crippen LogP contribution in [-0.4, -0.2) is 18.2 Å². The highest BCUT2D eigenvalue weighted by atomic mass is 35.5. The van der Waals surface area contributed by atoms with Gasteiger partial charge in [0.1, 0.15) is 5.75 Å². The highest BCUT2D eigenvalue weighted by molar-refractivity contribution is 6.33. The molecule has 0 bridgehead atoms. The van der Waals surface area contributed by atoms with Crippen LogP contribution in [0.1, 0.15) is 15.9 Å². The number of halogens is 4. The number of esters is 1. The second-order valence-electron chi connectivity index (χ2n) is 4.45. The average Bonchev–Trinajstić information content (AvgIpc) is 2.44. The van der Waals surface area contributed by atoms with Crippen LogP contribution in [0.15, 0.2) is 36.4 Å². The molecule has 0 saturated heterocycles. The maximum Gasteiger partial charge on any atom is 0.416 e. The number of benzene rings is 2. The monoisotopic (exact) mass is 330 g/mol. The van der Waals surface area contributed by atoms with Crippen LogP contribution in [0.3, 0.4) is 0 Å². The molecule has 0 aliphatic carbocycles. The second-order valence-corrected chi connectivity index (χ2v) is 4.86. The van der Waals surface area contributed by atoms with Crippen LogP contribution in [0.25, 0.3) is 11.1 Å². The van der Waals surface area contributed by atoms with Gasteiger partial charge in [0.15, 0.2) is 0 Å². The van der Waals surface area contributed by atoms with E-state index in [9.17, 15) is 23.1 Å². The molecule has 3 nitrogen and oxygen atoms in total. The molecule has 0 aliphatic rings. The van der Waals surface area contributed by atoms with Crippen LogP contribution in [-0.2, 0) is 10.9 Å². The van der Waals surface area contributed by atoms with Gasteiger partial charge < -0.3 is 9.84 Å². The standard InChI is InChI=1S/C15H10ClF3O3/c1-22-14(21)12-3-2-8(6-13(12)16)9-4-10(15(17,18)19)7-11(20)5-9/h2-7,20H,1H3. The van der Waals surface area contributed by atoms with Crippen molar-refractivity contribution in [3.63, 3.8) is 0 Å². The zero-order valence-electron chi connectivity index (χ0n) is 11.2. The molecule has 0 aliphatic heterocycles. The van der Waals surface area contributed by atoms with Gasteiger partial charge in [-0.15, -0.1) is 0 Å². The van der Waals surface area contributed by atoms with E-state index in [0.717, 1.165) is 6.07 Å². The third-order valence-corrected chi connectivity index (χ3v) is 3.27. The Balaban J connectivity index is 2.51. The molecule has 0 spiro atoms. The molecule has 2 rings (SSSR count).